The first-order valence-corrected chi connectivity index (χ1v) is 10.9. The Bertz CT molecular complexity index is 1030. The van der Waals surface area contributed by atoms with Crippen LogP contribution in [0.2, 0.25) is 0 Å². The number of halogens is 2. The van der Waals surface area contributed by atoms with Crippen LogP contribution in [0, 0.1) is 5.95 Å². The Morgan fingerprint density at radius 1 is 1.23 bits per heavy atom. The monoisotopic (exact) mass is 443 g/mol. The molecule has 0 aromatic carbocycles. The lowest BCUT2D eigenvalue weighted by atomic mass is 9.83. The number of rotatable bonds is 3. The lowest BCUT2D eigenvalue weighted by Crippen LogP contribution is -2.43. The molecule has 5 rings (SSSR count). The number of hydrogen-bond acceptors (Lipinski definition) is 6. The fourth-order valence-corrected chi connectivity index (χ4v) is 5.15. The Morgan fingerprint density at radius 2 is 2.03 bits per heavy atom. The van der Waals surface area contributed by atoms with Gasteiger partial charge < -0.3 is 10.4 Å². The van der Waals surface area contributed by atoms with Crippen LogP contribution in [0.15, 0.2) is 57.7 Å². The molecule has 2 N–H and O–H groups in total. The van der Waals surface area contributed by atoms with Crippen molar-refractivity contribution >= 4 is 23.9 Å². The first-order valence-electron chi connectivity index (χ1n) is 10.5. The molecular formula is C22H23ClFN5O2. The molecule has 162 valence electrons. The van der Waals surface area contributed by atoms with E-state index in [-0.39, 0.29) is 12.0 Å². The third-order valence-electron chi connectivity index (χ3n) is 6.48. The smallest absolute Gasteiger partial charge is 0.331 e. The van der Waals surface area contributed by atoms with Crippen molar-refractivity contribution in [1.82, 2.24) is 20.2 Å². The fraction of sp³-hybridized carbons (Fsp3) is 0.409. The third-order valence-corrected chi connectivity index (χ3v) is 6.77. The molecule has 1 atom stereocenters. The average Bonchev–Trinajstić information content (AvgIpc) is 3.09. The van der Waals surface area contributed by atoms with Gasteiger partial charge in [0.15, 0.2) is 6.04 Å². The second kappa shape index (κ2) is 8.00. The van der Waals surface area contributed by atoms with Crippen molar-refractivity contribution in [3.63, 3.8) is 0 Å². The number of allylic oxidation sites excluding steroid dienone is 2. The number of nitrogens with zero attached hydrogens (tertiary/aromatic N) is 4. The van der Waals surface area contributed by atoms with E-state index >= 15 is 0 Å². The molecule has 1 aromatic rings. The van der Waals surface area contributed by atoms with E-state index in [0.717, 1.165) is 48.5 Å². The van der Waals surface area contributed by atoms with Crippen LogP contribution in [0.1, 0.15) is 50.1 Å². The number of nitrogens with one attached hydrogen (secondary N) is 1. The predicted molar refractivity (Wildman–Crippen MR) is 114 cm³/mol. The SMILES string of the molecule is O=C(O)C1C2=C(C=C(Cl)CC2)NC=C2N1C=NN2[C@H]1CC[C@H](c2cccc(F)n2)CC1. The van der Waals surface area contributed by atoms with Crippen molar-refractivity contribution in [1.29, 1.82) is 0 Å². The molecular weight excluding hydrogens is 421 g/mol. The zero-order valence-electron chi connectivity index (χ0n) is 16.8. The molecule has 31 heavy (non-hydrogen) atoms. The van der Waals surface area contributed by atoms with Crippen molar-refractivity contribution in [2.45, 2.75) is 56.5 Å². The van der Waals surface area contributed by atoms with Gasteiger partial charge >= 0.3 is 5.97 Å². The van der Waals surface area contributed by atoms with E-state index in [1.165, 1.54) is 6.07 Å². The molecule has 1 fully saturated rings. The molecule has 0 spiro atoms. The number of carboxylic acids is 1. The average molecular weight is 444 g/mol. The molecule has 1 unspecified atom stereocenters. The summed E-state index contributed by atoms with van der Waals surface area (Å²) in [5.74, 6) is -0.412. The lowest BCUT2D eigenvalue weighted by molar-refractivity contribution is -0.140. The summed E-state index contributed by atoms with van der Waals surface area (Å²) in [4.78, 5) is 18.0. The molecule has 3 heterocycles. The zero-order valence-corrected chi connectivity index (χ0v) is 17.6. The molecule has 7 nitrogen and oxygen atoms in total. The normalized spacial score (nSPS) is 27.7. The summed E-state index contributed by atoms with van der Waals surface area (Å²) in [5.41, 5.74) is 2.35. The van der Waals surface area contributed by atoms with Crippen molar-refractivity contribution in [2.24, 2.45) is 5.10 Å². The molecule has 0 saturated heterocycles. The maximum absolute atomic E-state index is 13.5. The Morgan fingerprint density at radius 3 is 2.77 bits per heavy atom. The first-order chi connectivity index (χ1) is 15.0. The minimum atomic E-state index is -0.914. The molecule has 0 bridgehead atoms. The molecule has 0 amide bonds. The van der Waals surface area contributed by atoms with Crippen LogP contribution < -0.4 is 5.32 Å². The Hall–Kier alpha value is -2.87. The van der Waals surface area contributed by atoms with Gasteiger partial charge in [-0.15, -0.1) is 0 Å². The van der Waals surface area contributed by atoms with E-state index in [1.807, 2.05) is 23.4 Å². The highest BCUT2D eigenvalue weighted by Gasteiger charge is 2.41. The first kappa shape index (κ1) is 20.1. The van der Waals surface area contributed by atoms with Gasteiger partial charge in [-0.2, -0.15) is 9.49 Å². The van der Waals surface area contributed by atoms with E-state index in [9.17, 15) is 14.3 Å². The van der Waals surface area contributed by atoms with Crippen molar-refractivity contribution in [2.75, 3.05) is 0 Å². The zero-order chi connectivity index (χ0) is 21.5. The predicted octanol–water partition coefficient (Wildman–Crippen LogP) is 3.83. The molecule has 2 aliphatic carbocycles. The minimum absolute atomic E-state index is 0.141. The number of hydrazone groups is 1. The van der Waals surface area contributed by atoms with Gasteiger partial charge in [0, 0.05) is 28.5 Å². The van der Waals surface area contributed by atoms with E-state index in [2.05, 4.69) is 15.4 Å². The van der Waals surface area contributed by atoms with Crippen molar-refractivity contribution in [3.8, 4) is 0 Å². The van der Waals surface area contributed by atoms with Crippen LogP contribution in [0.5, 0.6) is 0 Å². The van der Waals surface area contributed by atoms with Crippen LogP contribution in [-0.4, -0.2) is 44.4 Å². The van der Waals surface area contributed by atoms with E-state index < -0.39 is 18.0 Å². The number of carbonyl (C=O) groups is 1. The molecule has 9 heteroatoms. The highest BCUT2D eigenvalue weighted by atomic mass is 35.5. The van der Waals surface area contributed by atoms with Gasteiger partial charge in [0.25, 0.3) is 0 Å². The topological polar surface area (TPSA) is 81.1 Å². The van der Waals surface area contributed by atoms with Gasteiger partial charge in [-0.05, 0) is 62.3 Å². The third kappa shape index (κ3) is 3.69. The second-order valence-electron chi connectivity index (χ2n) is 8.29. The summed E-state index contributed by atoms with van der Waals surface area (Å²) in [6.07, 6.45) is 9.95. The molecule has 1 aromatic heterocycles. The second-order valence-corrected chi connectivity index (χ2v) is 8.78. The maximum atomic E-state index is 13.5. The van der Waals surface area contributed by atoms with Crippen LogP contribution in [0.3, 0.4) is 0 Å². The van der Waals surface area contributed by atoms with E-state index in [4.69, 9.17) is 11.6 Å². The van der Waals surface area contributed by atoms with E-state index in [1.54, 1.807) is 17.3 Å². The number of carboxylic acid groups (broad SMARTS) is 1. The molecule has 4 aliphatic rings. The van der Waals surface area contributed by atoms with Crippen molar-refractivity contribution in [3.05, 3.63) is 64.2 Å². The van der Waals surface area contributed by atoms with Gasteiger partial charge in [-0.25, -0.2) is 14.8 Å². The largest absolute Gasteiger partial charge is 0.479 e. The standard InChI is InChI=1S/C22H23ClFN5O2/c23-14-6-9-16-18(10-14)25-11-20-28(21(16)22(30)31)12-26-29(20)15-7-4-13(5-8-15)17-2-1-3-19(24)27-17/h1-3,10-13,15,21,25H,4-9H2,(H,30,31)/t13-,15-,21?. The summed E-state index contributed by atoms with van der Waals surface area (Å²) in [7, 11) is 0. The Balaban J connectivity index is 1.34. The van der Waals surface area contributed by atoms with Crippen LogP contribution >= 0.6 is 11.6 Å². The summed E-state index contributed by atoms with van der Waals surface area (Å²) >= 11 is 6.20. The van der Waals surface area contributed by atoms with Crippen molar-refractivity contribution < 1.29 is 14.3 Å². The van der Waals surface area contributed by atoms with Gasteiger partial charge in [0.2, 0.25) is 5.95 Å². The Labute approximate surface area is 184 Å². The lowest BCUT2D eigenvalue weighted by Gasteiger charge is -2.35. The number of aliphatic carboxylic acids is 1. The summed E-state index contributed by atoms with van der Waals surface area (Å²) in [6, 6.07) is 4.27. The number of aromatic nitrogens is 1. The fourth-order valence-electron chi connectivity index (χ4n) is 4.94. The Kier molecular flexibility index (Phi) is 5.17. The molecule has 2 aliphatic heterocycles. The van der Waals surface area contributed by atoms with Crippen LogP contribution in [-0.2, 0) is 4.79 Å². The maximum Gasteiger partial charge on any atom is 0.331 e. The molecule has 0 radical (unpaired) electrons. The van der Waals surface area contributed by atoms with Crippen LogP contribution in [0.25, 0.3) is 0 Å². The minimum Gasteiger partial charge on any atom is -0.479 e. The summed E-state index contributed by atoms with van der Waals surface area (Å²) < 4.78 is 13.5. The van der Waals surface area contributed by atoms with Gasteiger partial charge in [0.05, 0.1) is 6.04 Å². The number of hydrogen-bond donors (Lipinski definition) is 2. The summed E-state index contributed by atoms with van der Waals surface area (Å²) in [5, 5.41) is 20.4. The summed E-state index contributed by atoms with van der Waals surface area (Å²) in [6.45, 7) is 0. The molecule has 1 saturated carbocycles. The highest BCUT2D eigenvalue weighted by molar-refractivity contribution is 6.29. The quantitative estimate of drug-likeness (QED) is 0.691. The van der Waals surface area contributed by atoms with Gasteiger partial charge in [-0.1, -0.05) is 17.7 Å². The highest BCUT2D eigenvalue weighted by Crippen LogP contribution is 2.39. The number of fused-ring (bicyclic) bond motifs is 1. The van der Waals surface area contributed by atoms with E-state index in [0.29, 0.717) is 17.9 Å². The van der Waals surface area contributed by atoms with Gasteiger partial charge in [0.1, 0.15) is 12.2 Å². The number of pyridine rings is 1. The van der Waals surface area contributed by atoms with Crippen LogP contribution in [0.4, 0.5) is 4.39 Å². The van der Waals surface area contributed by atoms with Gasteiger partial charge in [-0.3, -0.25) is 4.90 Å².